The molecule has 2 heterocycles. The molecule has 10 heteroatoms. The van der Waals surface area contributed by atoms with E-state index < -0.39 is 17.5 Å². The molecule has 1 unspecified atom stereocenters. The van der Waals surface area contributed by atoms with Crippen LogP contribution in [0.5, 0.6) is 0 Å². The quantitative estimate of drug-likeness (QED) is 0.436. The summed E-state index contributed by atoms with van der Waals surface area (Å²) in [5.74, 6) is -1.08. The van der Waals surface area contributed by atoms with Gasteiger partial charge in [-0.1, -0.05) is 29.8 Å². The molecule has 0 radical (unpaired) electrons. The monoisotopic (exact) mass is 484 g/mol. The largest absolute Gasteiger partial charge is 0.478 e. The number of nitrogens with one attached hydrogen (secondary N) is 1. The number of carbonyl (C=O) groups is 1. The maximum absolute atomic E-state index is 13.5. The molecule has 0 amide bonds. The number of ether oxygens (including phenoxy) is 1. The second-order valence-electron chi connectivity index (χ2n) is 7.75. The number of benzene rings is 2. The summed E-state index contributed by atoms with van der Waals surface area (Å²) in [6, 6.07) is 11.6. The minimum absolute atomic E-state index is 0.0350. The van der Waals surface area contributed by atoms with Crippen molar-refractivity contribution in [3.05, 3.63) is 77.3 Å². The Labute approximate surface area is 200 Å². The summed E-state index contributed by atoms with van der Waals surface area (Å²) in [7, 11) is 0. The minimum atomic E-state index is -1.15. The molecule has 0 saturated carbocycles. The molecule has 3 N–H and O–H groups in total. The van der Waals surface area contributed by atoms with E-state index in [1.54, 1.807) is 12.4 Å². The number of rotatable bonds is 7. The zero-order chi connectivity index (χ0) is 24.1. The molecule has 0 aliphatic carbocycles. The van der Waals surface area contributed by atoms with Crippen molar-refractivity contribution in [1.82, 2.24) is 9.97 Å². The first-order valence-corrected chi connectivity index (χ1v) is 10.8. The van der Waals surface area contributed by atoms with Gasteiger partial charge in [-0.25, -0.2) is 19.2 Å². The van der Waals surface area contributed by atoms with Gasteiger partial charge in [0.15, 0.2) is 5.72 Å². The number of aliphatic hydroxyl groups excluding tert-OH is 1. The van der Waals surface area contributed by atoms with E-state index in [0.29, 0.717) is 24.8 Å². The standard InChI is InChI=1S/C24H22ClFN4O4/c25-20-11-19(5-6-21(20)26)29-24(15-31)14-30(8-9-34-24)23-27-12-18(13-28-23)17-3-1-2-16(10-17)4-7-22(32)33/h1-7,10-13,29,31H,8-9,14-15H2,(H,32,33). The van der Waals surface area contributed by atoms with Crippen molar-refractivity contribution in [3.8, 4) is 11.1 Å². The number of aliphatic carboxylic acids is 1. The van der Waals surface area contributed by atoms with Crippen LogP contribution < -0.4 is 10.2 Å². The first-order valence-electron chi connectivity index (χ1n) is 10.4. The Kier molecular flexibility index (Phi) is 7.06. The Morgan fingerprint density at radius 2 is 2.03 bits per heavy atom. The van der Waals surface area contributed by atoms with E-state index in [0.717, 1.165) is 22.8 Å². The van der Waals surface area contributed by atoms with Gasteiger partial charge in [-0.05, 0) is 41.5 Å². The fourth-order valence-corrected chi connectivity index (χ4v) is 3.81. The normalized spacial score (nSPS) is 18.3. The number of carboxylic acid groups (broad SMARTS) is 1. The Morgan fingerprint density at radius 1 is 1.24 bits per heavy atom. The number of hydrogen-bond donors (Lipinski definition) is 3. The number of anilines is 2. The highest BCUT2D eigenvalue weighted by Crippen LogP contribution is 2.27. The lowest BCUT2D eigenvalue weighted by Gasteiger charge is -2.42. The lowest BCUT2D eigenvalue weighted by Crippen LogP contribution is -2.59. The lowest BCUT2D eigenvalue weighted by atomic mass is 10.1. The van der Waals surface area contributed by atoms with E-state index >= 15 is 0 Å². The first kappa shape index (κ1) is 23.6. The molecule has 1 fully saturated rings. The third kappa shape index (κ3) is 5.51. The van der Waals surface area contributed by atoms with Crippen LogP contribution in [0.4, 0.5) is 16.0 Å². The van der Waals surface area contributed by atoms with Gasteiger partial charge < -0.3 is 25.2 Å². The van der Waals surface area contributed by atoms with E-state index in [4.69, 9.17) is 21.4 Å². The average Bonchev–Trinajstić information content (AvgIpc) is 2.85. The van der Waals surface area contributed by atoms with E-state index in [1.165, 1.54) is 24.3 Å². The van der Waals surface area contributed by atoms with Crippen LogP contribution in [-0.2, 0) is 9.53 Å². The van der Waals surface area contributed by atoms with Crippen LogP contribution in [0.3, 0.4) is 0 Å². The molecule has 2 aromatic carbocycles. The van der Waals surface area contributed by atoms with Crippen molar-refractivity contribution in [3.63, 3.8) is 0 Å². The molecule has 176 valence electrons. The number of aromatic nitrogens is 2. The van der Waals surface area contributed by atoms with E-state index in [2.05, 4.69) is 15.3 Å². The molecule has 1 saturated heterocycles. The maximum Gasteiger partial charge on any atom is 0.328 e. The predicted molar refractivity (Wildman–Crippen MR) is 127 cm³/mol. The molecule has 0 spiro atoms. The van der Waals surface area contributed by atoms with Gasteiger partial charge in [-0.3, -0.25) is 0 Å². The molecule has 0 bridgehead atoms. The SMILES string of the molecule is O=C(O)C=Cc1cccc(-c2cnc(N3CCOC(CO)(Nc4ccc(F)c(Cl)c4)C3)nc2)c1. The number of carboxylic acids is 1. The van der Waals surface area contributed by atoms with Crippen LogP contribution in [0, 0.1) is 5.82 Å². The predicted octanol–water partition coefficient (Wildman–Crippen LogP) is 3.67. The smallest absolute Gasteiger partial charge is 0.328 e. The number of morpholine rings is 1. The summed E-state index contributed by atoms with van der Waals surface area (Å²) in [5.41, 5.74) is 1.73. The zero-order valence-corrected chi connectivity index (χ0v) is 18.7. The summed E-state index contributed by atoms with van der Waals surface area (Å²) >= 11 is 5.87. The summed E-state index contributed by atoms with van der Waals surface area (Å²) in [6.07, 6.45) is 5.97. The van der Waals surface area contributed by atoms with Gasteiger partial charge in [-0.15, -0.1) is 0 Å². The van der Waals surface area contributed by atoms with E-state index in [9.17, 15) is 14.3 Å². The molecule has 34 heavy (non-hydrogen) atoms. The second kappa shape index (κ2) is 10.2. The van der Waals surface area contributed by atoms with Crippen molar-refractivity contribution in [2.24, 2.45) is 0 Å². The zero-order valence-electron chi connectivity index (χ0n) is 18.0. The van der Waals surface area contributed by atoms with Crippen LogP contribution in [0.15, 0.2) is 60.9 Å². The lowest BCUT2D eigenvalue weighted by molar-refractivity contribution is -0.131. The molecule has 1 aliphatic heterocycles. The van der Waals surface area contributed by atoms with Crippen molar-refractivity contribution in [2.75, 3.05) is 36.5 Å². The molecule has 1 aromatic heterocycles. The van der Waals surface area contributed by atoms with Gasteiger partial charge in [0.05, 0.1) is 24.8 Å². The first-order chi connectivity index (χ1) is 16.4. The topological polar surface area (TPSA) is 108 Å². The Morgan fingerprint density at radius 3 is 2.74 bits per heavy atom. The van der Waals surface area contributed by atoms with Gasteiger partial charge in [0.1, 0.15) is 5.82 Å². The number of hydrogen-bond acceptors (Lipinski definition) is 7. The maximum atomic E-state index is 13.5. The number of nitrogens with zero attached hydrogens (tertiary/aromatic N) is 3. The van der Waals surface area contributed by atoms with Crippen LogP contribution in [-0.4, -0.2) is 58.2 Å². The van der Waals surface area contributed by atoms with Crippen molar-refractivity contribution < 1.29 is 24.1 Å². The van der Waals surface area contributed by atoms with Crippen molar-refractivity contribution in [1.29, 1.82) is 0 Å². The molecular weight excluding hydrogens is 463 g/mol. The summed E-state index contributed by atoms with van der Waals surface area (Å²) < 4.78 is 19.3. The van der Waals surface area contributed by atoms with Gasteiger partial charge in [0.2, 0.25) is 5.95 Å². The van der Waals surface area contributed by atoms with Crippen LogP contribution in [0.1, 0.15) is 5.56 Å². The summed E-state index contributed by atoms with van der Waals surface area (Å²) in [4.78, 5) is 21.6. The van der Waals surface area contributed by atoms with E-state index in [-0.39, 0.29) is 18.2 Å². The molecule has 8 nitrogen and oxygen atoms in total. The minimum Gasteiger partial charge on any atom is -0.478 e. The highest BCUT2D eigenvalue weighted by Gasteiger charge is 2.37. The Hall–Kier alpha value is -3.53. The summed E-state index contributed by atoms with van der Waals surface area (Å²) in [5, 5.41) is 22.0. The average molecular weight is 485 g/mol. The van der Waals surface area contributed by atoms with Gasteiger partial charge >= 0.3 is 5.97 Å². The Bertz CT molecular complexity index is 1210. The second-order valence-corrected chi connectivity index (χ2v) is 8.15. The molecule has 1 atom stereocenters. The van der Waals surface area contributed by atoms with Crippen LogP contribution in [0.25, 0.3) is 17.2 Å². The van der Waals surface area contributed by atoms with Crippen LogP contribution in [0.2, 0.25) is 5.02 Å². The van der Waals surface area contributed by atoms with Gasteiger partial charge in [0, 0.05) is 36.3 Å². The number of aliphatic hydroxyl groups is 1. The molecule has 1 aliphatic rings. The van der Waals surface area contributed by atoms with E-state index in [1.807, 2.05) is 29.2 Å². The highest BCUT2D eigenvalue weighted by atomic mass is 35.5. The van der Waals surface area contributed by atoms with Crippen LogP contribution >= 0.6 is 11.6 Å². The third-order valence-electron chi connectivity index (χ3n) is 5.29. The van der Waals surface area contributed by atoms with Crippen molar-refractivity contribution in [2.45, 2.75) is 5.72 Å². The fourth-order valence-electron chi connectivity index (χ4n) is 3.63. The summed E-state index contributed by atoms with van der Waals surface area (Å²) in [6.45, 7) is 0.731. The Balaban J connectivity index is 1.50. The molecule has 3 aromatic rings. The molecule has 4 rings (SSSR count). The van der Waals surface area contributed by atoms with Crippen molar-refractivity contribution >= 4 is 35.3 Å². The van der Waals surface area contributed by atoms with Gasteiger partial charge in [-0.2, -0.15) is 0 Å². The molecular formula is C24H22ClFN4O4. The number of halogens is 2. The van der Waals surface area contributed by atoms with Gasteiger partial charge in [0.25, 0.3) is 0 Å². The highest BCUT2D eigenvalue weighted by molar-refractivity contribution is 6.31. The fraction of sp³-hybridized carbons (Fsp3) is 0.208. The third-order valence-corrected chi connectivity index (χ3v) is 5.58.